The summed E-state index contributed by atoms with van der Waals surface area (Å²) in [5.74, 6) is 0.433. The minimum Gasteiger partial charge on any atom is -0.484 e. The van der Waals surface area contributed by atoms with Crippen molar-refractivity contribution < 1.29 is 14.3 Å². The summed E-state index contributed by atoms with van der Waals surface area (Å²) in [6, 6.07) is 16.8. The summed E-state index contributed by atoms with van der Waals surface area (Å²) in [6.45, 7) is 0.624. The first kappa shape index (κ1) is 16.8. The Morgan fingerprint density at radius 1 is 1.20 bits per heavy atom. The minimum absolute atomic E-state index is 0.103. The third-order valence-corrected chi connectivity index (χ3v) is 4.01. The van der Waals surface area contributed by atoms with Crippen LogP contribution in [0.15, 0.2) is 54.6 Å². The van der Waals surface area contributed by atoms with Crippen molar-refractivity contribution >= 4 is 23.2 Å². The van der Waals surface area contributed by atoms with E-state index < -0.39 is 0 Å². The van der Waals surface area contributed by atoms with Gasteiger partial charge in [-0.15, -0.1) is 0 Å². The number of ether oxygens (including phenoxy) is 1. The van der Waals surface area contributed by atoms with Crippen molar-refractivity contribution in [1.29, 1.82) is 0 Å². The number of rotatable bonds is 6. The smallest absolute Gasteiger partial charge is 0.276 e. The highest BCUT2D eigenvalue weighted by molar-refractivity contribution is 5.95. The van der Waals surface area contributed by atoms with Gasteiger partial charge in [-0.25, -0.2) is 0 Å². The molecule has 1 fully saturated rings. The zero-order valence-corrected chi connectivity index (χ0v) is 14.1. The topological polar surface area (TPSA) is 61.9 Å². The summed E-state index contributed by atoms with van der Waals surface area (Å²) in [5, 5.41) is 1.64. The molecule has 25 heavy (non-hydrogen) atoms. The van der Waals surface area contributed by atoms with Gasteiger partial charge in [0, 0.05) is 31.8 Å². The molecule has 0 aliphatic carbocycles. The van der Waals surface area contributed by atoms with Crippen LogP contribution in [0.5, 0.6) is 5.75 Å². The van der Waals surface area contributed by atoms with Gasteiger partial charge in [0.15, 0.2) is 6.61 Å². The molecule has 0 radical (unpaired) electrons. The summed E-state index contributed by atoms with van der Waals surface area (Å²) in [4.78, 5) is 25.6. The van der Waals surface area contributed by atoms with Crippen LogP contribution in [0.25, 0.3) is 0 Å². The molecule has 3 rings (SSSR count). The van der Waals surface area contributed by atoms with E-state index in [0.29, 0.717) is 12.2 Å². The van der Waals surface area contributed by atoms with Gasteiger partial charge >= 0.3 is 0 Å². The van der Waals surface area contributed by atoms with E-state index >= 15 is 0 Å². The first-order valence-corrected chi connectivity index (χ1v) is 8.25. The Kier molecular flexibility index (Phi) is 5.18. The summed E-state index contributed by atoms with van der Waals surface area (Å²) in [6.07, 6.45) is 1.46. The number of carbonyl (C=O) groups excluding carboxylic acids is 2. The Labute approximate surface area is 147 Å². The molecule has 0 spiro atoms. The first-order chi connectivity index (χ1) is 12.1. The first-order valence-electron chi connectivity index (χ1n) is 8.25. The maximum Gasteiger partial charge on any atom is 0.276 e. The van der Waals surface area contributed by atoms with E-state index in [1.807, 2.05) is 42.5 Å². The van der Waals surface area contributed by atoms with E-state index in [4.69, 9.17) is 4.74 Å². The molecule has 2 aromatic rings. The van der Waals surface area contributed by atoms with E-state index in [-0.39, 0.29) is 18.4 Å². The SMILES string of the molecule is CN(NC(=O)COc1cccc(N2CCCC2=O)c1)c1ccccc1. The van der Waals surface area contributed by atoms with Gasteiger partial charge in [-0.1, -0.05) is 24.3 Å². The molecular weight excluding hydrogens is 318 g/mol. The van der Waals surface area contributed by atoms with Crippen LogP contribution < -0.4 is 20.1 Å². The second-order valence-electron chi connectivity index (χ2n) is 5.86. The molecular formula is C19H21N3O3. The van der Waals surface area contributed by atoms with Crippen LogP contribution >= 0.6 is 0 Å². The Hall–Kier alpha value is -3.02. The average molecular weight is 339 g/mol. The summed E-state index contributed by atoms with van der Waals surface area (Å²) in [5.41, 5.74) is 4.44. The quantitative estimate of drug-likeness (QED) is 0.821. The molecule has 0 atom stereocenters. The second kappa shape index (κ2) is 7.70. The van der Waals surface area contributed by atoms with Crippen LogP contribution in [0.2, 0.25) is 0 Å². The molecule has 0 bridgehead atoms. The van der Waals surface area contributed by atoms with Crippen molar-refractivity contribution in [2.45, 2.75) is 12.8 Å². The van der Waals surface area contributed by atoms with Crippen LogP contribution in [0, 0.1) is 0 Å². The molecule has 1 saturated heterocycles. The number of hydrazine groups is 1. The molecule has 0 aromatic heterocycles. The third kappa shape index (κ3) is 4.29. The third-order valence-electron chi connectivity index (χ3n) is 4.01. The highest BCUT2D eigenvalue weighted by Gasteiger charge is 2.21. The number of amides is 2. The van der Waals surface area contributed by atoms with Gasteiger partial charge in [0.1, 0.15) is 5.75 Å². The lowest BCUT2D eigenvalue weighted by atomic mass is 10.3. The van der Waals surface area contributed by atoms with Crippen molar-refractivity contribution in [2.75, 3.05) is 30.1 Å². The Morgan fingerprint density at radius 3 is 2.72 bits per heavy atom. The fourth-order valence-corrected chi connectivity index (χ4v) is 2.75. The van der Waals surface area contributed by atoms with E-state index in [2.05, 4.69) is 5.43 Å². The molecule has 0 saturated carbocycles. The number of nitrogens with zero attached hydrogens (tertiary/aromatic N) is 2. The number of carbonyl (C=O) groups is 2. The number of nitrogens with one attached hydrogen (secondary N) is 1. The van der Waals surface area contributed by atoms with E-state index in [0.717, 1.165) is 24.3 Å². The van der Waals surface area contributed by atoms with E-state index in [1.54, 1.807) is 29.1 Å². The zero-order chi connectivity index (χ0) is 17.6. The van der Waals surface area contributed by atoms with Gasteiger partial charge in [0.25, 0.3) is 5.91 Å². The number of para-hydroxylation sites is 1. The largest absolute Gasteiger partial charge is 0.484 e. The molecule has 2 amide bonds. The van der Waals surface area contributed by atoms with Gasteiger partial charge in [0.2, 0.25) is 5.91 Å². The fourth-order valence-electron chi connectivity index (χ4n) is 2.75. The monoisotopic (exact) mass is 339 g/mol. The number of benzene rings is 2. The second-order valence-corrected chi connectivity index (χ2v) is 5.86. The lowest BCUT2D eigenvalue weighted by Gasteiger charge is -2.20. The summed E-state index contributed by atoms with van der Waals surface area (Å²) in [7, 11) is 1.77. The van der Waals surface area contributed by atoms with Gasteiger partial charge in [-0.2, -0.15) is 0 Å². The average Bonchev–Trinajstić information content (AvgIpc) is 3.07. The van der Waals surface area contributed by atoms with Crippen molar-refractivity contribution in [3.63, 3.8) is 0 Å². The van der Waals surface area contributed by atoms with E-state index in [9.17, 15) is 9.59 Å². The number of hydrogen-bond acceptors (Lipinski definition) is 4. The van der Waals surface area contributed by atoms with Gasteiger partial charge in [0.05, 0.1) is 5.69 Å². The van der Waals surface area contributed by atoms with Crippen LogP contribution in [0.4, 0.5) is 11.4 Å². The zero-order valence-electron chi connectivity index (χ0n) is 14.1. The number of hydrogen-bond donors (Lipinski definition) is 1. The lowest BCUT2D eigenvalue weighted by molar-refractivity contribution is -0.123. The molecule has 1 aliphatic heterocycles. The molecule has 6 heteroatoms. The highest BCUT2D eigenvalue weighted by Crippen LogP contribution is 2.25. The Bertz CT molecular complexity index is 749. The Balaban J connectivity index is 1.54. The highest BCUT2D eigenvalue weighted by atomic mass is 16.5. The molecule has 1 aliphatic rings. The normalized spacial score (nSPS) is 13.6. The molecule has 130 valence electrons. The molecule has 2 aromatic carbocycles. The molecule has 1 N–H and O–H groups in total. The van der Waals surface area contributed by atoms with Gasteiger partial charge < -0.3 is 9.64 Å². The van der Waals surface area contributed by atoms with E-state index in [1.165, 1.54) is 0 Å². The molecule has 6 nitrogen and oxygen atoms in total. The van der Waals surface area contributed by atoms with Crippen molar-refractivity contribution in [1.82, 2.24) is 5.43 Å². The van der Waals surface area contributed by atoms with Gasteiger partial charge in [-0.3, -0.25) is 20.0 Å². The fraction of sp³-hybridized carbons (Fsp3) is 0.263. The van der Waals surface area contributed by atoms with Crippen LogP contribution in [-0.4, -0.2) is 32.0 Å². The summed E-state index contributed by atoms with van der Waals surface area (Å²) >= 11 is 0. The van der Waals surface area contributed by atoms with Crippen LogP contribution in [0.1, 0.15) is 12.8 Å². The maximum absolute atomic E-state index is 12.1. The van der Waals surface area contributed by atoms with Crippen molar-refractivity contribution in [3.05, 3.63) is 54.6 Å². The predicted octanol–water partition coefficient (Wildman–Crippen LogP) is 2.36. The number of anilines is 2. The van der Waals surface area contributed by atoms with Crippen LogP contribution in [-0.2, 0) is 9.59 Å². The minimum atomic E-state index is -0.256. The van der Waals surface area contributed by atoms with Crippen molar-refractivity contribution in [2.24, 2.45) is 0 Å². The van der Waals surface area contributed by atoms with Crippen LogP contribution in [0.3, 0.4) is 0 Å². The van der Waals surface area contributed by atoms with Gasteiger partial charge in [-0.05, 0) is 30.7 Å². The predicted molar refractivity (Wildman–Crippen MR) is 96.5 cm³/mol. The maximum atomic E-state index is 12.1. The molecule has 1 heterocycles. The summed E-state index contributed by atoms with van der Waals surface area (Å²) < 4.78 is 5.56. The lowest BCUT2D eigenvalue weighted by Crippen LogP contribution is -2.41. The van der Waals surface area contributed by atoms with Crippen molar-refractivity contribution in [3.8, 4) is 5.75 Å². The molecule has 0 unspecified atom stereocenters. The standard InChI is InChI=1S/C19H21N3O3/c1-21(15-7-3-2-4-8-15)20-18(23)14-25-17-10-5-9-16(13-17)22-12-6-11-19(22)24/h2-5,7-10,13H,6,11-12,14H2,1H3,(H,20,23). The Morgan fingerprint density at radius 2 is 2.00 bits per heavy atom.